The van der Waals surface area contributed by atoms with Crippen LogP contribution in [0.15, 0.2) is 24.3 Å². The zero-order valence-corrected chi connectivity index (χ0v) is 11.8. The van der Waals surface area contributed by atoms with Crippen LogP contribution < -0.4 is 5.32 Å². The Morgan fingerprint density at radius 2 is 1.91 bits per heavy atom. The minimum absolute atomic E-state index is 0.0612. The lowest BCUT2D eigenvalue weighted by Gasteiger charge is -2.32. The van der Waals surface area contributed by atoms with E-state index < -0.39 is 22.4 Å². The number of Topliss-reactive ketones (excluding diaryl/α,β-unsaturated/α-hetero) is 1. The fourth-order valence-electron chi connectivity index (χ4n) is 3.48. The summed E-state index contributed by atoms with van der Waals surface area (Å²) in [5.74, 6) is -0.984. The molecule has 2 bridgehead atoms. The summed E-state index contributed by atoms with van der Waals surface area (Å²) in [6.07, 6.45) is 1.14. The number of carbonyl (C=O) groups excluding carboxylic acids is 2. The molecule has 116 valence electrons. The minimum Gasteiger partial charge on any atom is -0.392 e. The van der Waals surface area contributed by atoms with Crippen LogP contribution in [0.25, 0.3) is 0 Å². The van der Waals surface area contributed by atoms with Gasteiger partial charge in [-0.05, 0) is 37.8 Å². The van der Waals surface area contributed by atoms with E-state index >= 15 is 0 Å². The number of amides is 1. The van der Waals surface area contributed by atoms with E-state index in [1.807, 2.05) is 0 Å². The molecule has 22 heavy (non-hydrogen) atoms. The highest BCUT2D eigenvalue weighted by atomic mass is 16.6. The molecular formula is C15H16N2O5. The summed E-state index contributed by atoms with van der Waals surface area (Å²) in [4.78, 5) is 35.0. The SMILES string of the molecule is O=C(Nc1ccc([N+](=O)[O-])cc1)C12CCC(O)C(CC1)C2=O. The highest BCUT2D eigenvalue weighted by Gasteiger charge is 2.57. The molecule has 0 spiro atoms. The normalized spacial score (nSPS) is 30.1. The van der Waals surface area contributed by atoms with Crippen LogP contribution in [0, 0.1) is 21.4 Å². The van der Waals surface area contributed by atoms with Crippen LogP contribution in [0.3, 0.4) is 0 Å². The van der Waals surface area contributed by atoms with Crippen LogP contribution in [-0.4, -0.2) is 27.8 Å². The van der Waals surface area contributed by atoms with E-state index in [9.17, 15) is 24.8 Å². The number of nitrogens with zero attached hydrogens (tertiary/aromatic N) is 1. The lowest BCUT2D eigenvalue weighted by atomic mass is 9.73. The maximum absolute atomic E-state index is 12.5. The van der Waals surface area contributed by atoms with Crippen molar-refractivity contribution in [1.29, 1.82) is 0 Å². The molecule has 1 aromatic rings. The van der Waals surface area contributed by atoms with E-state index in [1.54, 1.807) is 0 Å². The molecule has 0 heterocycles. The molecule has 1 amide bonds. The standard InChI is InChI=1S/C15H16N2O5/c18-12-6-8-15(7-5-11(12)13(15)19)14(20)16-9-1-3-10(4-2-9)17(21)22/h1-4,11-12,18H,5-8H2,(H,16,20). The van der Waals surface area contributed by atoms with E-state index in [0.29, 0.717) is 31.4 Å². The Bertz CT molecular complexity index is 642. The van der Waals surface area contributed by atoms with Crippen LogP contribution in [0.1, 0.15) is 25.7 Å². The molecule has 1 aromatic carbocycles. The molecule has 3 atom stereocenters. The maximum Gasteiger partial charge on any atom is 0.269 e. The Labute approximate surface area is 126 Å². The number of benzene rings is 1. The van der Waals surface area contributed by atoms with Gasteiger partial charge in [-0.15, -0.1) is 0 Å². The predicted octanol–water partition coefficient (Wildman–Crippen LogP) is 1.65. The first kappa shape index (κ1) is 14.6. The molecule has 3 unspecified atom stereocenters. The first-order valence-electron chi connectivity index (χ1n) is 7.22. The number of ketones is 1. The minimum atomic E-state index is -1.05. The monoisotopic (exact) mass is 304 g/mol. The zero-order chi connectivity index (χ0) is 15.9. The second-order valence-corrected chi connectivity index (χ2v) is 5.96. The number of hydrogen-bond donors (Lipinski definition) is 2. The summed E-state index contributed by atoms with van der Waals surface area (Å²) in [5.41, 5.74) is -0.688. The Morgan fingerprint density at radius 3 is 2.55 bits per heavy atom. The number of non-ortho nitro benzene ring substituents is 1. The molecule has 2 saturated carbocycles. The predicted molar refractivity (Wildman–Crippen MR) is 77.1 cm³/mol. The number of carbonyl (C=O) groups is 2. The van der Waals surface area contributed by atoms with E-state index in [-0.39, 0.29) is 17.4 Å². The second kappa shape index (κ2) is 5.17. The van der Waals surface area contributed by atoms with Gasteiger partial charge in [-0.2, -0.15) is 0 Å². The molecule has 2 fully saturated rings. The van der Waals surface area contributed by atoms with Gasteiger partial charge < -0.3 is 10.4 Å². The van der Waals surface area contributed by atoms with Crippen LogP contribution >= 0.6 is 0 Å². The first-order chi connectivity index (χ1) is 10.4. The van der Waals surface area contributed by atoms with Gasteiger partial charge in [-0.1, -0.05) is 0 Å². The summed E-state index contributed by atoms with van der Waals surface area (Å²) in [7, 11) is 0. The van der Waals surface area contributed by atoms with Gasteiger partial charge in [-0.25, -0.2) is 0 Å². The highest BCUT2D eigenvalue weighted by molar-refractivity contribution is 6.13. The summed E-state index contributed by atoms with van der Waals surface area (Å²) < 4.78 is 0. The van der Waals surface area contributed by atoms with Crippen molar-refractivity contribution in [3.05, 3.63) is 34.4 Å². The number of nitrogens with one attached hydrogen (secondary N) is 1. The van der Waals surface area contributed by atoms with Crippen LogP contribution in [0.5, 0.6) is 0 Å². The average Bonchev–Trinajstić information content (AvgIpc) is 2.71. The van der Waals surface area contributed by atoms with Crippen LogP contribution in [0.2, 0.25) is 0 Å². The third-order valence-corrected chi connectivity index (χ3v) is 4.79. The Morgan fingerprint density at radius 1 is 1.27 bits per heavy atom. The van der Waals surface area contributed by atoms with Crippen molar-refractivity contribution >= 4 is 23.1 Å². The van der Waals surface area contributed by atoms with Crippen LogP contribution in [0.4, 0.5) is 11.4 Å². The number of nitro groups is 1. The number of aliphatic hydroxyl groups excluding tert-OH is 1. The average molecular weight is 304 g/mol. The van der Waals surface area contributed by atoms with Crippen molar-refractivity contribution < 1.29 is 19.6 Å². The summed E-state index contributed by atoms with van der Waals surface area (Å²) in [6, 6.07) is 5.50. The zero-order valence-electron chi connectivity index (χ0n) is 11.8. The number of fused-ring (bicyclic) bond motifs is 2. The number of nitro benzene ring substituents is 1. The maximum atomic E-state index is 12.5. The Kier molecular flexibility index (Phi) is 3.44. The summed E-state index contributed by atoms with van der Waals surface area (Å²) in [5, 5.41) is 23.1. The van der Waals surface area contributed by atoms with Gasteiger partial charge in [-0.3, -0.25) is 19.7 Å². The lowest BCUT2D eigenvalue weighted by molar-refractivity contribution is -0.384. The molecule has 3 rings (SSSR count). The summed E-state index contributed by atoms with van der Waals surface area (Å²) >= 11 is 0. The first-order valence-corrected chi connectivity index (χ1v) is 7.22. The van der Waals surface area contributed by atoms with Crippen molar-refractivity contribution in [2.75, 3.05) is 5.32 Å². The van der Waals surface area contributed by atoms with Crippen molar-refractivity contribution in [3.63, 3.8) is 0 Å². The van der Waals surface area contributed by atoms with Gasteiger partial charge in [0, 0.05) is 23.7 Å². The number of hydrogen-bond acceptors (Lipinski definition) is 5. The van der Waals surface area contributed by atoms with Crippen molar-refractivity contribution in [1.82, 2.24) is 0 Å². The molecule has 2 N–H and O–H groups in total. The lowest BCUT2D eigenvalue weighted by Crippen LogP contribution is -2.46. The molecule has 2 aliphatic carbocycles. The third-order valence-electron chi connectivity index (χ3n) is 4.79. The molecule has 7 heteroatoms. The van der Waals surface area contributed by atoms with Gasteiger partial charge in [0.05, 0.1) is 11.0 Å². The topological polar surface area (TPSA) is 110 Å². The molecule has 0 aromatic heterocycles. The van der Waals surface area contributed by atoms with E-state index in [4.69, 9.17) is 0 Å². The summed E-state index contributed by atoms with van der Waals surface area (Å²) in [6.45, 7) is 0. The second-order valence-electron chi connectivity index (χ2n) is 5.96. The van der Waals surface area contributed by atoms with Crippen molar-refractivity contribution in [3.8, 4) is 0 Å². The highest BCUT2D eigenvalue weighted by Crippen LogP contribution is 2.49. The fourth-order valence-corrected chi connectivity index (χ4v) is 3.48. The number of anilines is 1. The van der Waals surface area contributed by atoms with Crippen LogP contribution in [-0.2, 0) is 9.59 Å². The molecular weight excluding hydrogens is 288 g/mol. The number of rotatable bonds is 3. The van der Waals surface area contributed by atoms with Gasteiger partial charge in [0.2, 0.25) is 5.91 Å². The quantitative estimate of drug-likeness (QED) is 0.501. The van der Waals surface area contributed by atoms with Crippen molar-refractivity contribution in [2.45, 2.75) is 31.8 Å². The van der Waals surface area contributed by atoms with E-state index in [1.165, 1.54) is 24.3 Å². The van der Waals surface area contributed by atoms with E-state index in [2.05, 4.69) is 5.32 Å². The molecule has 7 nitrogen and oxygen atoms in total. The van der Waals surface area contributed by atoms with Gasteiger partial charge >= 0.3 is 0 Å². The Balaban J connectivity index is 1.77. The molecule has 0 saturated heterocycles. The van der Waals surface area contributed by atoms with Gasteiger partial charge in [0.15, 0.2) is 5.78 Å². The van der Waals surface area contributed by atoms with Crippen molar-refractivity contribution in [2.24, 2.45) is 11.3 Å². The largest absolute Gasteiger partial charge is 0.392 e. The number of aliphatic hydroxyl groups is 1. The molecule has 0 aliphatic heterocycles. The molecule has 0 radical (unpaired) electrons. The smallest absolute Gasteiger partial charge is 0.269 e. The molecule has 2 aliphatic rings. The third kappa shape index (κ3) is 2.18. The van der Waals surface area contributed by atoms with Gasteiger partial charge in [0.25, 0.3) is 5.69 Å². The Hall–Kier alpha value is -2.28. The fraction of sp³-hybridized carbons (Fsp3) is 0.467. The van der Waals surface area contributed by atoms with Gasteiger partial charge in [0.1, 0.15) is 5.41 Å². The van der Waals surface area contributed by atoms with E-state index in [0.717, 1.165) is 0 Å².